The zero-order valence-corrected chi connectivity index (χ0v) is 10.6. The van der Waals surface area contributed by atoms with Crippen molar-refractivity contribution in [2.75, 3.05) is 13.1 Å². The van der Waals surface area contributed by atoms with Crippen LogP contribution in [-0.4, -0.2) is 19.1 Å². The van der Waals surface area contributed by atoms with E-state index in [0.717, 1.165) is 25.7 Å². The van der Waals surface area contributed by atoms with Crippen LogP contribution in [0.3, 0.4) is 0 Å². The maximum Gasteiger partial charge on any atom is 0.315 e. The molecule has 0 aliphatic heterocycles. The van der Waals surface area contributed by atoms with E-state index in [4.69, 9.17) is 5.73 Å². The Bertz CT molecular complexity index is 385. The molecule has 0 radical (unpaired) electrons. The Balaban J connectivity index is 2.10. The van der Waals surface area contributed by atoms with Crippen LogP contribution in [0, 0.1) is 0 Å². The maximum atomic E-state index is 11.9. The van der Waals surface area contributed by atoms with Gasteiger partial charge in [0.2, 0.25) is 0 Å². The molecule has 4 N–H and O–H groups in total. The van der Waals surface area contributed by atoms with Crippen LogP contribution in [0.15, 0.2) is 30.3 Å². The molecule has 1 aromatic carbocycles. The lowest BCUT2D eigenvalue weighted by Gasteiger charge is -2.31. The summed E-state index contributed by atoms with van der Waals surface area (Å²) in [4.78, 5) is 11.9. The topological polar surface area (TPSA) is 67.1 Å². The fourth-order valence-electron chi connectivity index (χ4n) is 2.67. The Morgan fingerprint density at radius 2 is 1.89 bits per heavy atom. The first kappa shape index (κ1) is 12.9. The third-order valence-electron chi connectivity index (χ3n) is 3.57. The third-order valence-corrected chi connectivity index (χ3v) is 3.57. The van der Waals surface area contributed by atoms with Gasteiger partial charge in [-0.15, -0.1) is 0 Å². The van der Waals surface area contributed by atoms with Crippen molar-refractivity contribution < 1.29 is 4.79 Å². The number of amides is 2. The van der Waals surface area contributed by atoms with E-state index in [1.165, 1.54) is 5.56 Å². The van der Waals surface area contributed by atoms with Crippen LogP contribution in [0.2, 0.25) is 0 Å². The smallest absolute Gasteiger partial charge is 0.315 e. The SMILES string of the molecule is NCCNC(=O)NC1(c2ccccc2)CCCC1. The van der Waals surface area contributed by atoms with E-state index in [2.05, 4.69) is 22.8 Å². The van der Waals surface area contributed by atoms with E-state index in [9.17, 15) is 4.79 Å². The van der Waals surface area contributed by atoms with Gasteiger partial charge in [-0.25, -0.2) is 4.79 Å². The molecular weight excluding hydrogens is 226 g/mol. The number of hydrogen-bond donors (Lipinski definition) is 3. The minimum atomic E-state index is -0.195. The van der Waals surface area contributed by atoms with Crippen LogP contribution in [0.4, 0.5) is 4.79 Å². The molecule has 1 saturated carbocycles. The minimum absolute atomic E-state index is 0.119. The van der Waals surface area contributed by atoms with E-state index in [0.29, 0.717) is 13.1 Å². The molecule has 0 atom stereocenters. The van der Waals surface area contributed by atoms with E-state index >= 15 is 0 Å². The Morgan fingerprint density at radius 1 is 1.22 bits per heavy atom. The van der Waals surface area contributed by atoms with Gasteiger partial charge in [0.15, 0.2) is 0 Å². The summed E-state index contributed by atoms with van der Waals surface area (Å²) in [7, 11) is 0. The predicted octanol–water partition coefficient (Wildman–Crippen LogP) is 1.71. The number of nitrogens with one attached hydrogen (secondary N) is 2. The molecule has 0 spiro atoms. The second-order valence-electron chi connectivity index (χ2n) is 4.82. The molecule has 0 heterocycles. The van der Waals surface area contributed by atoms with Gasteiger partial charge in [0.25, 0.3) is 0 Å². The van der Waals surface area contributed by atoms with Gasteiger partial charge in [-0.2, -0.15) is 0 Å². The molecule has 0 aromatic heterocycles. The van der Waals surface area contributed by atoms with E-state index in [1.54, 1.807) is 0 Å². The molecule has 4 heteroatoms. The van der Waals surface area contributed by atoms with Crippen LogP contribution < -0.4 is 16.4 Å². The standard InChI is InChI=1S/C14H21N3O/c15-10-11-16-13(18)17-14(8-4-5-9-14)12-6-2-1-3-7-12/h1-3,6-7H,4-5,8-11,15H2,(H2,16,17,18). The van der Waals surface area contributed by atoms with Gasteiger partial charge in [0.05, 0.1) is 5.54 Å². The molecule has 0 unspecified atom stereocenters. The van der Waals surface area contributed by atoms with Crippen molar-refractivity contribution in [1.29, 1.82) is 0 Å². The summed E-state index contributed by atoms with van der Waals surface area (Å²) >= 11 is 0. The minimum Gasteiger partial charge on any atom is -0.337 e. The average Bonchev–Trinajstić information content (AvgIpc) is 2.87. The molecule has 1 aliphatic carbocycles. The first-order valence-electron chi connectivity index (χ1n) is 6.58. The van der Waals surface area contributed by atoms with Crippen LogP contribution >= 0.6 is 0 Å². The molecule has 0 saturated heterocycles. The summed E-state index contributed by atoms with van der Waals surface area (Å²) in [6.45, 7) is 0.975. The number of rotatable bonds is 4. The average molecular weight is 247 g/mol. The van der Waals surface area contributed by atoms with E-state index < -0.39 is 0 Å². The first-order chi connectivity index (χ1) is 8.77. The summed E-state index contributed by atoms with van der Waals surface area (Å²) in [6.07, 6.45) is 4.33. The summed E-state index contributed by atoms with van der Waals surface area (Å²) in [5.74, 6) is 0. The number of carbonyl (C=O) groups is 1. The second kappa shape index (κ2) is 5.87. The highest BCUT2D eigenvalue weighted by Crippen LogP contribution is 2.38. The summed E-state index contributed by atoms with van der Waals surface area (Å²) in [5.41, 5.74) is 6.39. The van der Waals surface area contributed by atoms with E-state index in [1.807, 2.05) is 18.2 Å². The van der Waals surface area contributed by atoms with Crippen molar-refractivity contribution >= 4 is 6.03 Å². The number of nitrogens with two attached hydrogens (primary N) is 1. The molecular formula is C14H21N3O. The molecule has 1 fully saturated rings. The fourth-order valence-corrected chi connectivity index (χ4v) is 2.67. The lowest BCUT2D eigenvalue weighted by Crippen LogP contribution is -2.49. The Morgan fingerprint density at radius 3 is 2.50 bits per heavy atom. The van der Waals surface area contributed by atoms with Gasteiger partial charge in [0.1, 0.15) is 0 Å². The van der Waals surface area contributed by atoms with Crippen LogP contribution in [-0.2, 0) is 5.54 Å². The maximum absolute atomic E-state index is 11.9. The second-order valence-corrected chi connectivity index (χ2v) is 4.82. The number of urea groups is 1. The largest absolute Gasteiger partial charge is 0.337 e. The number of benzene rings is 1. The molecule has 0 bridgehead atoms. The van der Waals surface area contributed by atoms with Crippen LogP contribution in [0.5, 0.6) is 0 Å². The lowest BCUT2D eigenvalue weighted by atomic mass is 9.88. The quantitative estimate of drug-likeness (QED) is 0.758. The number of carbonyl (C=O) groups excluding carboxylic acids is 1. The van der Waals surface area contributed by atoms with E-state index in [-0.39, 0.29) is 11.6 Å². The normalized spacial score (nSPS) is 17.4. The molecule has 18 heavy (non-hydrogen) atoms. The molecule has 4 nitrogen and oxygen atoms in total. The van der Waals surface area contributed by atoms with Gasteiger partial charge in [-0.1, -0.05) is 43.2 Å². The summed E-state index contributed by atoms with van der Waals surface area (Å²) in [5, 5.41) is 5.92. The molecule has 2 rings (SSSR count). The van der Waals surface area contributed by atoms with Crippen molar-refractivity contribution in [3.8, 4) is 0 Å². The highest BCUT2D eigenvalue weighted by molar-refractivity contribution is 5.75. The fraction of sp³-hybridized carbons (Fsp3) is 0.500. The Hall–Kier alpha value is -1.55. The van der Waals surface area contributed by atoms with Crippen LogP contribution in [0.1, 0.15) is 31.2 Å². The first-order valence-corrected chi connectivity index (χ1v) is 6.58. The summed E-state index contributed by atoms with van der Waals surface area (Å²) in [6, 6.07) is 10.1. The molecule has 1 aliphatic rings. The van der Waals surface area contributed by atoms with Gasteiger partial charge in [0, 0.05) is 13.1 Å². The molecule has 98 valence electrons. The van der Waals surface area contributed by atoms with Crippen molar-refractivity contribution in [3.05, 3.63) is 35.9 Å². The third kappa shape index (κ3) is 2.82. The number of hydrogen-bond acceptors (Lipinski definition) is 2. The van der Waals surface area contributed by atoms with Gasteiger partial charge in [-0.05, 0) is 18.4 Å². The highest BCUT2D eigenvalue weighted by atomic mass is 16.2. The monoisotopic (exact) mass is 247 g/mol. The van der Waals surface area contributed by atoms with Gasteiger partial charge in [-0.3, -0.25) is 0 Å². The van der Waals surface area contributed by atoms with Crippen molar-refractivity contribution in [2.24, 2.45) is 5.73 Å². The van der Waals surface area contributed by atoms with Crippen molar-refractivity contribution in [3.63, 3.8) is 0 Å². The predicted molar refractivity (Wildman–Crippen MR) is 72.2 cm³/mol. The zero-order chi connectivity index (χ0) is 12.8. The molecule has 1 aromatic rings. The molecule has 2 amide bonds. The van der Waals surface area contributed by atoms with Crippen molar-refractivity contribution in [1.82, 2.24) is 10.6 Å². The lowest BCUT2D eigenvalue weighted by molar-refractivity contribution is 0.225. The van der Waals surface area contributed by atoms with Crippen LogP contribution in [0.25, 0.3) is 0 Å². The summed E-state index contributed by atoms with van der Waals surface area (Å²) < 4.78 is 0. The van der Waals surface area contributed by atoms with Gasteiger partial charge < -0.3 is 16.4 Å². The highest BCUT2D eigenvalue weighted by Gasteiger charge is 2.36. The van der Waals surface area contributed by atoms with Crippen molar-refractivity contribution in [2.45, 2.75) is 31.2 Å². The Labute approximate surface area is 108 Å². The zero-order valence-electron chi connectivity index (χ0n) is 10.6. The Kier molecular flexibility index (Phi) is 4.20. The van der Waals surface area contributed by atoms with Gasteiger partial charge >= 0.3 is 6.03 Å².